The number of fused-ring (bicyclic) bond motifs is 2. The Morgan fingerprint density at radius 2 is 1.95 bits per heavy atom. The van der Waals surface area contributed by atoms with Crippen molar-refractivity contribution in [1.29, 1.82) is 0 Å². The van der Waals surface area contributed by atoms with Crippen LogP contribution in [-0.4, -0.2) is 55.6 Å². The molecule has 9 nitrogen and oxygen atoms in total. The van der Waals surface area contributed by atoms with Gasteiger partial charge in [-0.1, -0.05) is 37.3 Å². The molecule has 1 saturated heterocycles. The monoisotopic (exact) mass is 630 g/mol. The fraction of sp³-hybridized carbons (Fsp3) is 0.323. The molecule has 6 aromatic rings. The number of thiazole rings is 2. The zero-order chi connectivity index (χ0) is 29.5. The zero-order valence-corrected chi connectivity index (χ0v) is 26.5. The molecule has 1 aliphatic rings. The number of piperidine rings is 1. The lowest BCUT2D eigenvalue weighted by molar-refractivity contribution is 0.0683. The van der Waals surface area contributed by atoms with Crippen LogP contribution in [0.2, 0.25) is 0 Å². The van der Waals surface area contributed by atoms with Crippen LogP contribution in [0.15, 0.2) is 48.0 Å². The molecule has 0 saturated carbocycles. The molecule has 1 aliphatic heterocycles. The highest BCUT2D eigenvalue weighted by molar-refractivity contribution is 7.22. The number of hydrogen-bond acceptors (Lipinski definition) is 10. The van der Waals surface area contributed by atoms with Gasteiger partial charge < -0.3 is 14.4 Å². The first-order chi connectivity index (χ1) is 21.0. The molecular formula is C31H30N6O3S3. The fourth-order valence-electron chi connectivity index (χ4n) is 5.27. The molecule has 1 fully saturated rings. The van der Waals surface area contributed by atoms with Crippen molar-refractivity contribution in [3.05, 3.63) is 64.2 Å². The van der Waals surface area contributed by atoms with Crippen LogP contribution in [0.3, 0.4) is 0 Å². The summed E-state index contributed by atoms with van der Waals surface area (Å²) < 4.78 is 14.6. The SMILES string of the molecule is CCc1nn2cc(-c3nc4cc(OC)cc(OCc5csc(-c6ccc(C(=O)N7CCC[C@H](C)C7)cc6)n5)c4s3)nc2s1. The highest BCUT2D eigenvalue weighted by Crippen LogP contribution is 2.39. The largest absolute Gasteiger partial charge is 0.497 e. The van der Waals surface area contributed by atoms with E-state index in [1.807, 2.05) is 57.4 Å². The predicted octanol–water partition coefficient (Wildman–Crippen LogP) is 7.21. The van der Waals surface area contributed by atoms with Gasteiger partial charge in [0.1, 0.15) is 38.8 Å². The Bertz CT molecular complexity index is 1890. The van der Waals surface area contributed by atoms with Crippen molar-refractivity contribution in [2.45, 2.75) is 39.7 Å². The molecule has 1 amide bonds. The Labute approximate surface area is 260 Å². The van der Waals surface area contributed by atoms with Crippen LogP contribution in [-0.2, 0) is 13.0 Å². The summed E-state index contributed by atoms with van der Waals surface area (Å²) in [5.41, 5.74) is 4.11. The van der Waals surface area contributed by atoms with E-state index in [0.29, 0.717) is 24.0 Å². The van der Waals surface area contributed by atoms with E-state index in [-0.39, 0.29) is 5.91 Å². The van der Waals surface area contributed by atoms with Crippen LogP contribution in [0.25, 0.3) is 36.5 Å². The molecule has 0 aliphatic carbocycles. The highest BCUT2D eigenvalue weighted by Gasteiger charge is 2.22. The van der Waals surface area contributed by atoms with Crippen LogP contribution in [0.5, 0.6) is 11.5 Å². The summed E-state index contributed by atoms with van der Waals surface area (Å²) in [4.78, 5) is 30.2. The first-order valence-corrected chi connectivity index (χ1v) is 16.8. The van der Waals surface area contributed by atoms with E-state index >= 15 is 0 Å². The van der Waals surface area contributed by atoms with E-state index in [1.165, 1.54) is 17.8 Å². The molecule has 0 spiro atoms. The van der Waals surface area contributed by atoms with Gasteiger partial charge >= 0.3 is 0 Å². The quantitative estimate of drug-likeness (QED) is 0.175. The van der Waals surface area contributed by atoms with Crippen molar-refractivity contribution in [2.24, 2.45) is 5.92 Å². The van der Waals surface area contributed by atoms with E-state index in [9.17, 15) is 4.79 Å². The van der Waals surface area contributed by atoms with Gasteiger partial charge in [-0.15, -0.1) is 22.7 Å². The molecule has 43 heavy (non-hydrogen) atoms. The van der Waals surface area contributed by atoms with E-state index in [2.05, 4.69) is 18.9 Å². The van der Waals surface area contributed by atoms with Gasteiger partial charge in [0.15, 0.2) is 0 Å². The van der Waals surface area contributed by atoms with Crippen molar-refractivity contribution < 1.29 is 14.3 Å². The summed E-state index contributed by atoms with van der Waals surface area (Å²) in [5, 5.41) is 9.33. The summed E-state index contributed by atoms with van der Waals surface area (Å²) in [7, 11) is 1.64. The fourth-order valence-corrected chi connectivity index (χ4v) is 7.86. The van der Waals surface area contributed by atoms with E-state index < -0.39 is 0 Å². The van der Waals surface area contributed by atoms with Gasteiger partial charge in [-0.05, 0) is 37.3 Å². The first kappa shape index (κ1) is 27.9. The number of imidazole rings is 1. The molecule has 4 aromatic heterocycles. The Morgan fingerprint density at radius 3 is 2.72 bits per heavy atom. The second-order valence-corrected chi connectivity index (χ2v) is 13.6. The van der Waals surface area contributed by atoms with E-state index in [0.717, 1.165) is 78.6 Å². The van der Waals surface area contributed by atoms with Gasteiger partial charge in [0.25, 0.3) is 5.91 Å². The maximum absolute atomic E-state index is 13.0. The molecule has 0 N–H and O–H groups in total. The first-order valence-electron chi connectivity index (χ1n) is 14.3. The molecular weight excluding hydrogens is 601 g/mol. The number of methoxy groups -OCH3 is 1. The molecule has 0 radical (unpaired) electrons. The molecule has 1 atom stereocenters. The van der Waals surface area contributed by atoms with Gasteiger partial charge in [0, 0.05) is 41.7 Å². The van der Waals surface area contributed by atoms with Gasteiger partial charge in [-0.25, -0.2) is 19.5 Å². The third kappa shape index (κ3) is 5.62. The Hall–Kier alpha value is -3.87. The number of ether oxygens (including phenoxy) is 2. The third-order valence-corrected chi connectivity index (χ3v) is 10.6. The molecule has 0 bridgehead atoms. The van der Waals surface area contributed by atoms with Crippen LogP contribution >= 0.6 is 34.0 Å². The van der Waals surface area contributed by atoms with E-state index in [4.69, 9.17) is 24.4 Å². The highest BCUT2D eigenvalue weighted by atomic mass is 32.1. The number of benzene rings is 2. The van der Waals surface area contributed by atoms with Crippen LogP contribution in [0.1, 0.15) is 47.7 Å². The molecule has 12 heteroatoms. The minimum Gasteiger partial charge on any atom is -0.497 e. The van der Waals surface area contributed by atoms with Crippen LogP contribution < -0.4 is 9.47 Å². The number of likely N-dealkylation sites (tertiary alicyclic amines) is 1. The average Bonchev–Trinajstić information content (AvgIpc) is 3.82. The maximum atomic E-state index is 13.0. The molecule has 7 rings (SSSR count). The van der Waals surface area contributed by atoms with Crippen LogP contribution in [0, 0.1) is 5.92 Å². The van der Waals surface area contributed by atoms with E-state index in [1.54, 1.807) is 29.8 Å². The second kappa shape index (κ2) is 11.7. The maximum Gasteiger partial charge on any atom is 0.253 e. The summed E-state index contributed by atoms with van der Waals surface area (Å²) in [5.74, 6) is 2.03. The topological polar surface area (TPSA) is 94.7 Å². The Balaban J connectivity index is 1.07. The third-order valence-electron chi connectivity index (χ3n) is 7.52. The standard InChI is InChI=1S/C31H30N6O3S3/c1-4-26-35-37-15-24(34-31(37)42-26)29-33-23-12-22(39-3)13-25(27(23)43-29)40-16-21-17-41-28(32-21)19-7-9-20(10-8-19)30(38)36-11-5-6-18(2)14-36/h7-10,12-13,15,17-18H,4-6,11,14,16H2,1-3H3/t18-/m0/s1. The molecule has 2 aromatic carbocycles. The molecule has 5 heterocycles. The zero-order valence-electron chi connectivity index (χ0n) is 24.1. The lowest BCUT2D eigenvalue weighted by Gasteiger charge is -2.31. The number of carbonyl (C=O) groups excluding carboxylic acids is 1. The number of rotatable bonds is 8. The lowest BCUT2D eigenvalue weighted by atomic mass is 9.99. The predicted molar refractivity (Wildman–Crippen MR) is 172 cm³/mol. The number of hydrogen-bond donors (Lipinski definition) is 0. The average molecular weight is 631 g/mol. The van der Waals surface area contributed by atoms with Gasteiger partial charge in [0.05, 0.1) is 29.2 Å². The lowest BCUT2D eigenvalue weighted by Crippen LogP contribution is -2.39. The number of nitrogens with zero attached hydrogens (tertiary/aromatic N) is 6. The number of carbonyl (C=O) groups is 1. The van der Waals surface area contributed by atoms with Gasteiger partial charge in [0.2, 0.25) is 4.96 Å². The minimum absolute atomic E-state index is 0.109. The number of aromatic nitrogens is 5. The van der Waals surface area contributed by atoms with Crippen molar-refractivity contribution >= 4 is 55.1 Å². The van der Waals surface area contributed by atoms with Crippen molar-refractivity contribution in [1.82, 2.24) is 29.5 Å². The normalized spacial score (nSPS) is 15.4. The minimum atomic E-state index is 0.109. The number of aryl methyl sites for hydroxylation is 1. The summed E-state index contributed by atoms with van der Waals surface area (Å²) >= 11 is 4.69. The Kier molecular flexibility index (Phi) is 7.58. The Morgan fingerprint density at radius 1 is 1.09 bits per heavy atom. The van der Waals surface area contributed by atoms with Gasteiger partial charge in [-0.3, -0.25) is 4.79 Å². The van der Waals surface area contributed by atoms with Crippen molar-refractivity contribution in [2.75, 3.05) is 20.2 Å². The van der Waals surface area contributed by atoms with Crippen LogP contribution in [0.4, 0.5) is 0 Å². The second-order valence-electron chi connectivity index (χ2n) is 10.7. The smallest absolute Gasteiger partial charge is 0.253 e. The summed E-state index contributed by atoms with van der Waals surface area (Å²) in [6.07, 6.45) is 5.07. The summed E-state index contributed by atoms with van der Waals surface area (Å²) in [6, 6.07) is 11.6. The molecule has 0 unspecified atom stereocenters. The summed E-state index contributed by atoms with van der Waals surface area (Å²) in [6.45, 7) is 6.27. The molecule has 220 valence electrons. The van der Waals surface area contributed by atoms with Gasteiger partial charge in [-0.2, -0.15) is 5.10 Å². The number of amides is 1. The van der Waals surface area contributed by atoms with Crippen molar-refractivity contribution in [3.8, 4) is 32.8 Å². The van der Waals surface area contributed by atoms with Crippen molar-refractivity contribution in [3.63, 3.8) is 0 Å².